The monoisotopic (exact) mass is 261 g/mol. The molecule has 0 saturated heterocycles. The lowest BCUT2D eigenvalue weighted by molar-refractivity contribution is -0.134. The number of nitrogens with zero attached hydrogens (tertiary/aromatic N) is 1. The van der Waals surface area contributed by atoms with Gasteiger partial charge in [-0.05, 0) is 6.92 Å². The third kappa shape index (κ3) is 2.34. The van der Waals surface area contributed by atoms with Crippen molar-refractivity contribution >= 4 is 29.3 Å². The second-order valence-corrected chi connectivity index (χ2v) is 4.44. The summed E-state index contributed by atoms with van der Waals surface area (Å²) in [6.07, 6.45) is -4.69. The molecule has 15 heavy (non-hydrogen) atoms. The van der Waals surface area contributed by atoms with Gasteiger partial charge in [-0.15, -0.1) is 0 Å². The molecule has 0 aromatic heterocycles. The van der Waals surface area contributed by atoms with Crippen molar-refractivity contribution < 1.29 is 23.1 Å². The topological polar surface area (TPSA) is 40.5 Å². The van der Waals surface area contributed by atoms with Crippen LogP contribution in [0.5, 0.6) is 0 Å². The van der Waals surface area contributed by atoms with Gasteiger partial charge in [0.2, 0.25) is 0 Å². The number of alkyl halides is 4. The van der Waals surface area contributed by atoms with Gasteiger partial charge in [-0.1, -0.05) is 23.4 Å². The van der Waals surface area contributed by atoms with E-state index in [2.05, 4.69) is 0 Å². The number of carboxylic acids is 1. The number of rotatable bonds is 2. The van der Waals surface area contributed by atoms with Crippen LogP contribution in [0.3, 0.4) is 0 Å². The van der Waals surface area contributed by atoms with Crippen LogP contribution in [0.2, 0.25) is 0 Å². The number of carboxylic acid groups (broad SMARTS) is 1. The zero-order valence-electron chi connectivity index (χ0n) is 7.51. The number of hydrogen-bond donors (Lipinski definition) is 1. The first-order valence-electron chi connectivity index (χ1n) is 3.91. The minimum absolute atomic E-state index is 0.00674. The maximum atomic E-state index is 12.5. The Kier molecular flexibility index (Phi) is 3.44. The standard InChI is InChI=1S/C7H7ClF3NO2S/c1-2-12-4(7(9,10)11)3(5(13)14)15-6(12)8/h6H,2H2,1H3,(H,13,14). The molecule has 0 spiro atoms. The minimum Gasteiger partial charge on any atom is -0.477 e. The fourth-order valence-electron chi connectivity index (χ4n) is 1.19. The summed E-state index contributed by atoms with van der Waals surface area (Å²) in [5, 5.41) is 8.61. The van der Waals surface area contributed by atoms with Crippen LogP contribution in [0, 0.1) is 0 Å². The summed E-state index contributed by atoms with van der Waals surface area (Å²) in [4.78, 5) is 9.65. The fourth-order valence-corrected chi connectivity index (χ4v) is 2.72. The van der Waals surface area contributed by atoms with Crippen LogP contribution in [0.1, 0.15) is 6.92 Å². The molecule has 0 radical (unpaired) electrons. The highest BCUT2D eigenvalue weighted by Gasteiger charge is 2.48. The molecule has 1 N–H and O–H groups in total. The number of hydrogen-bond acceptors (Lipinski definition) is 3. The Balaban J connectivity index is 3.19. The molecule has 0 aromatic carbocycles. The summed E-state index contributed by atoms with van der Waals surface area (Å²) < 4.78 is 37.6. The third-order valence-corrected chi connectivity index (χ3v) is 3.32. The zero-order chi connectivity index (χ0) is 11.8. The Morgan fingerprint density at radius 1 is 1.67 bits per heavy atom. The van der Waals surface area contributed by atoms with Gasteiger partial charge >= 0.3 is 12.1 Å². The molecule has 1 rings (SSSR count). The molecule has 1 aliphatic rings. The fraction of sp³-hybridized carbons (Fsp3) is 0.571. The molecule has 1 heterocycles. The quantitative estimate of drug-likeness (QED) is 0.612. The highest BCUT2D eigenvalue weighted by molar-refractivity contribution is 8.05. The smallest absolute Gasteiger partial charge is 0.432 e. The Bertz CT molecular complexity index is 318. The van der Waals surface area contributed by atoms with E-state index < -0.39 is 27.6 Å². The number of thioether (sulfide) groups is 1. The Hall–Kier alpha value is -0.560. The molecule has 0 aromatic rings. The van der Waals surface area contributed by atoms with Crippen molar-refractivity contribution in [1.82, 2.24) is 4.90 Å². The molecule has 0 bridgehead atoms. The highest BCUT2D eigenvalue weighted by atomic mass is 35.5. The number of halogens is 4. The summed E-state index contributed by atoms with van der Waals surface area (Å²) in [5.41, 5.74) is -1.16. The SMILES string of the molecule is CCN1C(C(F)(F)F)=C(C(=O)O)SC1Cl. The van der Waals surface area contributed by atoms with Gasteiger partial charge in [0.05, 0.1) is 0 Å². The highest BCUT2D eigenvalue weighted by Crippen LogP contribution is 2.46. The van der Waals surface area contributed by atoms with Gasteiger partial charge in [0.1, 0.15) is 10.6 Å². The summed E-state index contributed by atoms with van der Waals surface area (Å²) in [6, 6.07) is 0. The predicted octanol–water partition coefficient (Wildman–Crippen LogP) is 2.44. The van der Waals surface area contributed by atoms with Crippen molar-refractivity contribution in [2.45, 2.75) is 17.9 Å². The first-order valence-corrected chi connectivity index (χ1v) is 5.22. The van der Waals surface area contributed by atoms with Gasteiger partial charge in [0, 0.05) is 6.54 Å². The molecule has 0 saturated carbocycles. The lowest BCUT2D eigenvalue weighted by Crippen LogP contribution is -2.32. The maximum absolute atomic E-state index is 12.5. The van der Waals surface area contributed by atoms with Crippen molar-refractivity contribution in [3.8, 4) is 0 Å². The van der Waals surface area contributed by atoms with Crippen LogP contribution in [0.15, 0.2) is 10.6 Å². The first kappa shape index (κ1) is 12.5. The Labute approximate surface area is 92.9 Å². The second-order valence-electron chi connectivity index (χ2n) is 2.68. The summed E-state index contributed by atoms with van der Waals surface area (Å²) >= 11 is 6.09. The average molecular weight is 262 g/mol. The molecule has 3 nitrogen and oxygen atoms in total. The zero-order valence-corrected chi connectivity index (χ0v) is 9.08. The van der Waals surface area contributed by atoms with Crippen molar-refractivity contribution in [2.24, 2.45) is 0 Å². The first-order chi connectivity index (χ1) is 6.79. The van der Waals surface area contributed by atoms with Gasteiger partial charge in [-0.25, -0.2) is 4.79 Å². The number of carbonyl (C=O) groups is 1. The predicted molar refractivity (Wildman–Crippen MR) is 50.3 cm³/mol. The van der Waals surface area contributed by atoms with Gasteiger partial charge < -0.3 is 10.0 Å². The molecule has 1 unspecified atom stereocenters. The van der Waals surface area contributed by atoms with Crippen molar-refractivity contribution in [1.29, 1.82) is 0 Å². The van der Waals surface area contributed by atoms with E-state index in [1.807, 2.05) is 0 Å². The summed E-state index contributed by atoms with van der Waals surface area (Å²) in [7, 11) is 0. The van der Waals surface area contributed by atoms with E-state index in [9.17, 15) is 18.0 Å². The molecule has 1 aliphatic heterocycles. The Morgan fingerprint density at radius 3 is 2.53 bits per heavy atom. The summed E-state index contributed by atoms with van der Waals surface area (Å²) in [6.45, 7) is 1.49. The van der Waals surface area contributed by atoms with Crippen molar-refractivity contribution in [2.75, 3.05) is 6.54 Å². The van der Waals surface area contributed by atoms with Gasteiger partial charge in [0.15, 0.2) is 4.83 Å². The molecule has 1 atom stereocenters. The lowest BCUT2D eigenvalue weighted by atomic mass is 10.3. The van der Waals surface area contributed by atoms with E-state index in [4.69, 9.17) is 16.7 Å². The molecular formula is C7H7ClF3NO2S. The molecule has 0 amide bonds. The van der Waals surface area contributed by atoms with Crippen molar-refractivity contribution in [3.05, 3.63) is 10.6 Å². The van der Waals surface area contributed by atoms with E-state index in [1.165, 1.54) is 6.92 Å². The van der Waals surface area contributed by atoms with Crippen LogP contribution in [-0.4, -0.2) is 33.5 Å². The van der Waals surface area contributed by atoms with Crippen LogP contribution in [0.25, 0.3) is 0 Å². The second kappa shape index (κ2) is 4.13. The van der Waals surface area contributed by atoms with E-state index in [-0.39, 0.29) is 6.54 Å². The number of aliphatic carboxylic acids is 1. The van der Waals surface area contributed by atoms with Crippen molar-refractivity contribution in [3.63, 3.8) is 0 Å². The van der Waals surface area contributed by atoms with Crippen LogP contribution < -0.4 is 0 Å². The Morgan fingerprint density at radius 2 is 2.20 bits per heavy atom. The van der Waals surface area contributed by atoms with Gasteiger partial charge in [0.25, 0.3) is 0 Å². The van der Waals surface area contributed by atoms with E-state index in [1.54, 1.807) is 0 Å². The largest absolute Gasteiger partial charge is 0.477 e. The van der Waals surface area contributed by atoms with Crippen LogP contribution in [0.4, 0.5) is 13.2 Å². The molecule has 8 heteroatoms. The molecule has 86 valence electrons. The van der Waals surface area contributed by atoms with Crippen LogP contribution >= 0.6 is 23.4 Å². The molecule has 0 aliphatic carbocycles. The third-order valence-electron chi connectivity index (χ3n) is 1.77. The number of allylic oxidation sites excluding steroid dienone is 1. The van der Waals surface area contributed by atoms with Crippen LogP contribution in [-0.2, 0) is 4.79 Å². The lowest BCUT2D eigenvalue weighted by Gasteiger charge is -2.24. The molecule has 0 fully saturated rings. The minimum atomic E-state index is -4.69. The van der Waals surface area contributed by atoms with Gasteiger partial charge in [-0.3, -0.25) is 0 Å². The summed E-state index contributed by atoms with van der Waals surface area (Å²) in [5.74, 6) is -1.60. The van der Waals surface area contributed by atoms with E-state index in [0.717, 1.165) is 4.90 Å². The maximum Gasteiger partial charge on any atom is 0.432 e. The van der Waals surface area contributed by atoms with E-state index >= 15 is 0 Å². The molecular weight excluding hydrogens is 255 g/mol. The normalized spacial score (nSPS) is 22.5. The van der Waals surface area contributed by atoms with Gasteiger partial charge in [-0.2, -0.15) is 13.2 Å². The average Bonchev–Trinajstić information content (AvgIpc) is 2.41. The van der Waals surface area contributed by atoms with E-state index in [0.29, 0.717) is 11.8 Å².